The Morgan fingerprint density at radius 2 is 0.522 bits per heavy atom. The number of unbranched alkanes of at least 4 members (excludes halogenated alkanes) is 42. The average molecular weight is 948 g/mol. The fourth-order valence-corrected chi connectivity index (χ4v) is 9.42. The second kappa shape index (κ2) is 55.3. The second-order valence-electron chi connectivity index (χ2n) is 21.2. The summed E-state index contributed by atoms with van der Waals surface area (Å²) in [6.07, 6.45) is 60.9. The third-order valence-electron chi connectivity index (χ3n) is 14.4. The summed E-state index contributed by atoms with van der Waals surface area (Å²) in [5.41, 5.74) is 0. The fraction of sp³-hybridized carbons (Fsp3) is 0.951. The first-order valence-electron chi connectivity index (χ1n) is 30.4. The highest BCUT2D eigenvalue weighted by atomic mass is 16.6. The molecule has 0 heterocycles. The Hall–Kier alpha value is -1.59. The summed E-state index contributed by atoms with van der Waals surface area (Å²) in [5, 5.41) is 0. The molecule has 0 saturated carbocycles. The quantitative estimate of drug-likeness (QED) is 0.0343. The van der Waals surface area contributed by atoms with Crippen LogP contribution in [0, 0.1) is 5.92 Å². The van der Waals surface area contributed by atoms with E-state index in [2.05, 4.69) is 27.7 Å². The Bertz CT molecular complexity index is 1010. The smallest absolute Gasteiger partial charge is 0.306 e. The maximum absolute atomic E-state index is 12.9. The van der Waals surface area contributed by atoms with Gasteiger partial charge < -0.3 is 14.2 Å². The standard InChI is InChI=1S/C61H118O6/c1-5-8-10-12-14-16-18-20-22-24-26-28-30-32-38-42-46-50-54-61(64)67-58(56-66-60(63)53-49-45-41-37-34-33-35-39-43-47-51-57(4)7-3)55-65-59(62)52-48-44-40-36-31-29-27-25-23-21-19-17-15-13-11-9-6-2/h57-58H,5-56H2,1-4H3/t57?,58-/m0/s1. The Kier molecular flexibility index (Phi) is 54.0. The minimum atomic E-state index is -0.762. The minimum Gasteiger partial charge on any atom is -0.462 e. The van der Waals surface area contributed by atoms with Crippen molar-refractivity contribution >= 4 is 17.9 Å². The first-order valence-corrected chi connectivity index (χ1v) is 30.4. The van der Waals surface area contributed by atoms with Crippen LogP contribution in [-0.4, -0.2) is 37.2 Å². The Labute approximate surface area is 418 Å². The van der Waals surface area contributed by atoms with Gasteiger partial charge in [0, 0.05) is 19.3 Å². The predicted molar refractivity (Wildman–Crippen MR) is 289 cm³/mol. The van der Waals surface area contributed by atoms with E-state index in [-0.39, 0.29) is 31.1 Å². The van der Waals surface area contributed by atoms with Crippen LogP contribution >= 0.6 is 0 Å². The molecule has 6 heteroatoms. The van der Waals surface area contributed by atoms with E-state index < -0.39 is 6.10 Å². The lowest BCUT2D eigenvalue weighted by molar-refractivity contribution is -0.167. The normalized spacial score (nSPS) is 12.4. The van der Waals surface area contributed by atoms with Crippen LogP contribution < -0.4 is 0 Å². The summed E-state index contributed by atoms with van der Waals surface area (Å²) in [6.45, 7) is 9.09. The molecule has 0 aliphatic heterocycles. The largest absolute Gasteiger partial charge is 0.462 e. The van der Waals surface area contributed by atoms with E-state index in [9.17, 15) is 14.4 Å². The number of rotatable bonds is 56. The molecule has 0 spiro atoms. The second-order valence-corrected chi connectivity index (χ2v) is 21.2. The molecule has 0 aromatic carbocycles. The average Bonchev–Trinajstić information content (AvgIpc) is 3.33. The van der Waals surface area contributed by atoms with Crippen LogP contribution in [0.5, 0.6) is 0 Å². The summed E-state index contributed by atoms with van der Waals surface area (Å²) in [5.74, 6) is 0.0372. The molecule has 0 aromatic rings. The summed E-state index contributed by atoms with van der Waals surface area (Å²) in [4.78, 5) is 38.2. The number of carbonyl (C=O) groups is 3. The molecule has 0 bridgehead atoms. The SMILES string of the molecule is CCCCCCCCCCCCCCCCCCCCC(=O)O[C@@H](COC(=O)CCCCCCCCCCCCCCCCCCC)COC(=O)CCCCCCCCCCCCC(C)CC. The lowest BCUT2D eigenvalue weighted by atomic mass is 9.99. The van der Waals surface area contributed by atoms with Crippen LogP contribution in [0.15, 0.2) is 0 Å². The van der Waals surface area contributed by atoms with Gasteiger partial charge in [-0.2, -0.15) is 0 Å². The van der Waals surface area contributed by atoms with Crippen molar-refractivity contribution in [1.82, 2.24) is 0 Å². The number of hydrogen-bond acceptors (Lipinski definition) is 6. The van der Waals surface area contributed by atoms with Gasteiger partial charge in [0.25, 0.3) is 0 Å². The maximum atomic E-state index is 12.9. The summed E-state index contributed by atoms with van der Waals surface area (Å²) >= 11 is 0. The van der Waals surface area contributed by atoms with Crippen molar-refractivity contribution < 1.29 is 28.6 Å². The first kappa shape index (κ1) is 65.4. The van der Waals surface area contributed by atoms with E-state index >= 15 is 0 Å². The van der Waals surface area contributed by atoms with Gasteiger partial charge in [0.2, 0.25) is 0 Å². The lowest BCUT2D eigenvalue weighted by Crippen LogP contribution is -2.30. The van der Waals surface area contributed by atoms with E-state index in [1.165, 1.54) is 244 Å². The fourth-order valence-electron chi connectivity index (χ4n) is 9.42. The number of carbonyl (C=O) groups excluding carboxylic acids is 3. The third-order valence-corrected chi connectivity index (χ3v) is 14.4. The molecule has 0 rings (SSSR count). The lowest BCUT2D eigenvalue weighted by Gasteiger charge is -2.18. The van der Waals surface area contributed by atoms with E-state index in [4.69, 9.17) is 14.2 Å². The van der Waals surface area contributed by atoms with E-state index in [1.54, 1.807) is 0 Å². The molecule has 398 valence electrons. The van der Waals surface area contributed by atoms with Gasteiger partial charge in [0.1, 0.15) is 13.2 Å². The molecule has 67 heavy (non-hydrogen) atoms. The minimum absolute atomic E-state index is 0.0617. The maximum Gasteiger partial charge on any atom is 0.306 e. The highest BCUT2D eigenvalue weighted by Crippen LogP contribution is 2.19. The molecule has 0 N–H and O–H groups in total. The molecule has 0 fully saturated rings. The summed E-state index contributed by atoms with van der Waals surface area (Å²) in [6, 6.07) is 0. The van der Waals surface area contributed by atoms with E-state index in [0.717, 1.165) is 63.7 Å². The highest BCUT2D eigenvalue weighted by molar-refractivity contribution is 5.71. The number of esters is 3. The molecule has 0 aromatic heterocycles. The molecular weight excluding hydrogens is 829 g/mol. The van der Waals surface area contributed by atoms with Crippen molar-refractivity contribution in [2.24, 2.45) is 5.92 Å². The monoisotopic (exact) mass is 947 g/mol. The van der Waals surface area contributed by atoms with Gasteiger partial charge in [-0.1, -0.05) is 310 Å². The number of ether oxygens (including phenoxy) is 3. The van der Waals surface area contributed by atoms with Gasteiger partial charge in [-0.15, -0.1) is 0 Å². The molecule has 0 aliphatic rings. The Morgan fingerprint density at radius 3 is 0.776 bits per heavy atom. The molecule has 0 amide bonds. The van der Waals surface area contributed by atoms with Crippen LogP contribution in [0.2, 0.25) is 0 Å². The van der Waals surface area contributed by atoms with Gasteiger partial charge in [-0.05, 0) is 25.2 Å². The van der Waals surface area contributed by atoms with Gasteiger partial charge in [-0.25, -0.2) is 0 Å². The Balaban J connectivity index is 4.29. The topological polar surface area (TPSA) is 78.9 Å². The molecule has 0 aliphatic carbocycles. The summed E-state index contributed by atoms with van der Waals surface area (Å²) in [7, 11) is 0. The third kappa shape index (κ3) is 53.6. The summed E-state index contributed by atoms with van der Waals surface area (Å²) < 4.78 is 16.9. The Morgan fingerprint density at radius 1 is 0.299 bits per heavy atom. The van der Waals surface area contributed by atoms with Crippen molar-refractivity contribution in [3.05, 3.63) is 0 Å². The van der Waals surface area contributed by atoms with Gasteiger partial charge in [0.15, 0.2) is 6.10 Å². The van der Waals surface area contributed by atoms with Crippen molar-refractivity contribution in [2.75, 3.05) is 13.2 Å². The van der Waals surface area contributed by atoms with Crippen molar-refractivity contribution in [1.29, 1.82) is 0 Å². The van der Waals surface area contributed by atoms with Gasteiger partial charge in [0.05, 0.1) is 0 Å². The number of hydrogen-bond donors (Lipinski definition) is 0. The van der Waals surface area contributed by atoms with Crippen LogP contribution in [-0.2, 0) is 28.6 Å². The van der Waals surface area contributed by atoms with Crippen LogP contribution in [0.4, 0.5) is 0 Å². The van der Waals surface area contributed by atoms with Gasteiger partial charge >= 0.3 is 17.9 Å². The van der Waals surface area contributed by atoms with Crippen LogP contribution in [0.1, 0.15) is 349 Å². The van der Waals surface area contributed by atoms with Crippen molar-refractivity contribution in [2.45, 2.75) is 355 Å². The zero-order valence-corrected chi connectivity index (χ0v) is 45.9. The zero-order chi connectivity index (χ0) is 48.8. The molecule has 2 atom stereocenters. The first-order chi connectivity index (χ1) is 32.9. The van der Waals surface area contributed by atoms with Crippen molar-refractivity contribution in [3.8, 4) is 0 Å². The highest BCUT2D eigenvalue weighted by Gasteiger charge is 2.19. The van der Waals surface area contributed by atoms with E-state index in [1.807, 2.05) is 0 Å². The zero-order valence-electron chi connectivity index (χ0n) is 45.9. The van der Waals surface area contributed by atoms with Crippen LogP contribution in [0.3, 0.4) is 0 Å². The predicted octanol–water partition coefficient (Wildman–Crippen LogP) is 20.2. The van der Waals surface area contributed by atoms with Gasteiger partial charge in [-0.3, -0.25) is 14.4 Å². The van der Waals surface area contributed by atoms with E-state index in [0.29, 0.717) is 19.3 Å². The molecule has 6 nitrogen and oxygen atoms in total. The molecule has 0 radical (unpaired) electrons. The molecule has 0 saturated heterocycles. The molecule has 1 unspecified atom stereocenters. The molecular formula is C61H118O6. The van der Waals surface area contributed by atoms with Crippen LogP contribution in [0.25, 0.3) is 0 Å². The van der Waals surface area contributed by atoms with Crippen molar-refractivity contribution in [3.63, 3.8) is 0 Å².